The van der Waals surface area contributed by atoms with Crippen LogP contribution in [-0.4, -0.2) is 15.6 Å². The highest BCUT2D eigenvalue weighted by atomic mass is 15.0. The monoisotopic (exact) mass is 139 g/mol. The first-order chi connectivity index (χ1) is 4.70. The molecule has 2 N–H and O–H groups in total. The second kappa shape index (κ2) is 2.84. The van der Waals surface area contributed by atoms with E-state index in [2.05, 4.69) is 4.98 Å². The van der Waals surface area contributed by atoms with Crippen LogP contribution in [0.1, 0.15) is 12.6 Å². The van der Waals surface area contributed by atoms with E-state index in [4.69, 9.17) is 5.73 Å². The Hall–Kier alpha value is -0.830. The number of aryl methyl sites for hydroxylation is 1. The molecule has 1 aromatic rings. The molecular formula is C7H13N3. The quantitative estimate of drug-likeness (QED) is 0.640. The van der Waals surface area contributed by atoms with Gasteiger partial charge in [0.05, 0.1) is 6.33 Å². The second-order valence-electron chi connectivity index (χ2n) is 2.68. The van der Waals surface area contributed by atoms with Crippen LogP contribution in [0.3, 0.4) is 0 Å². The predicted octanol–water partition coefficient (Wildman–Crippen LogP) is 0.310. The van der Waals surface area contributed by atoms with Crippen LogP contribution < -0.4 is 5.73 Å². The third-order valence-corrected chi connectivity index (χ3v) is 1.45. The first kappa shape index (κ1) is 7.28. The van der Waals surface area contributed by atoms with Gasteiger partial charge in [0.2, 0.25) is 0 Å². The minimum Gasteiger partial charge on any atom is -0.338 e. The van der Waals surface area contributed by atoms with E-state index >= 15 is 0 Å². The van der Waals surface area contributed by atoms with E-state index in [1.807, 2.05) is 24.7 Å². The zero-order valence-electron chi connectivity index (χ0n) is 6.41. The van der Waals surface area contributed by atoms with Crippen molar-refractivity contribution in [2.75, 3.05) is 0 Å². The first-order valence-electron chi connectivity index (χ1n) is 3.41. The molecule has 0 fully saturated rings. The smallest absolute Gasteiger partial charge is 0.0945 e. The van der Waals surface area contributed by atoms with Gasteiger partial charge in [-0.15, -0.1) is 0 Å². The Bertz CT molecular complexity index is 202. The van der Waals surface area contributed by atoms with Crippen molar-refractivity contribution in [1.82, 2.24) is 9.55 Å². The van der Waals surface area contributed by atoms with Crippen molar-refractivity contribution in [3.05, 3.63) is 18.2 Å². The van der Waals surface area contributed by atoms with Gasteiger partial charge in [-0.3, -0.25) is 0 Å². The lowest BCUT2D eigenvalue weighted by molar-refractivity contribution is 0.690. The number of aromatic nitrogens is 2. The molecule has 0 spiro atoms. The summed E-state index contributed by atoms with van der Waals surface area (Å²) in [6, 6.07) is 0.218. The fourth-order valence-corrected chi connectivity index (χ4v) is 0.911. The van der Waals surface area contributed by atoms with Crippen molar-refractivity contribution in [3.8, 4) is 0 Å². The maximum atomic E-state index is 5.61. The summed E-state index contributed by atoms with van der Waals surface area (Å²) in [7, 11) is 1.98. The van der Waals surface area contributed by atoms with Gasteiger partial charge in [0.1, 0.15) is 0 Å². The molecule has 0 saturated heterocycles. The summed E-state index contributed by atoms with van der Waals surface area (Å²) in [6.07, 6.45) is 4.54. The number of nitrogens with two attached hydrogens (primary N) is 1. The van der Waals surface area contributed by atoms with Gasteiger partial charge in [0.15, 0.2) is 0 Å². The zero-order chi connectivity index (χ0) is 7.56. The summed E-state index contributed by atoms with van der Waals surface area (Å²) in [6.45, 7) is 1.99. The van der Waals surface area contributed by atoms with Gasteiger partial charge >= 0.3 is 0 Å². The summed E-state index contributed by atoms with van der Waals surface area (Å²) < 4.78 is 1.99. The van der Waals surface area contributed by atoms with Gasteiger partial charge < -0.3 is 10.3 Å². The highest BCUT2D eigenvalue weighted by Crippen LogP contribution is 1.98. The highest BCUT2D eigenvalue weighted by molar-refractivity contribution is 4.99. The minimum absolute atomic E-state index is 0.218. The number of hydrogen-bond acceptors (Lipinski definition) is 2. The van der Waals surface area contributed by atoms with Gasteiger partial charge in [-0.2, -0.15) is 0 Å². The summed E-state index contributed by atoms with van der Waals surface area (Å²) in [5.41, 5.74) is 6.80. The Kier molecular flexibility index (Phi) is 2.06. The van der Waals surface area contributed by atoms with Crippen LogP contribution in [0.15, 0.2) is 12.5 Å². The Balaban J connectivity index is 2.65. The van der Waals surface area contributed by atoms with Crippen molar-refractivity contribution >= 4 is 0 Å². The van der Waals surface area contributed by atoms with Crippen LogP contribution in [-0.2, 0) is 13.5 Å². The molecule has 10 heavy (non-hydrogen) atoms. The van der Waals surface area contributed by atoms with Crippen molar-refractivity contribution in [3.63, 3.8) is 0 Å². The molecule has 0 aliphatic carbocycles. The van der Waals surface area contributed by atoms with Gasteiger partial charge in [-0.1, -0.05) is 0 Å². The van der Waals surface area contributed by atoms with Gasteiger partial charge in [-0.05, 0) is 6.92 Å². The minimum atomic E-state index is 0.218. The van der Waals surface area contributed by atoms with Crippen LogP contribution in [0.25, 0.3) is 0 Å². The molecule has 0 saturated carbocycles. The molecule has 3 heteroatoms. The largest absolute Gasteiger partial charge is 0.338 e. The third kappa shape index (κ3) is 1.57. The van der Waals surface area contributed by atoms with Crippen LogP contribution in [0, 0.1) is 0 Å². The van der Waals surface area contributed by atoms with Crippen molar-refractivity contribution in [2.24, 2.45) is 12.8 Å². The van der Waals surface area contributed by atoms with Gasteiger partial charge in [0.25, 0.3) is 0 Å². The van der Waals surface area contributed by atoms with Gasteiger partial charge in [0, 0.05) is 31.4 Å². The van der Waals surface area contributed by atoms with Crippen LogP contribution in [0.4, 0.5) is 0 Å². The average Bonchev–Trinajstić information content (AvgIpc) is 2.15. The van der Waals surface area contributed by atoms with E-state index in [1.54, 1.807) is 6.33 Å². The molecule has 0 aromatic carbocycles. The predicted molar refractivity (Wildman–Crippen MR) is 40.6 cm³/mol. The Morgan fingerprint density at radius 3 is 2.90 bits per heavy atom. The number of rotatable bonds is 2. The van der Waals surface area contributed by atoms with Crippen molar-refractivity contribution in [2.45, 2.75) is 19.4 Å². The Morgan fingerprint density at radius 1 is 1.80 bits per heavy atom. The van der Waals surface area contributed by atoms with Crippen LogP contribution in [0.5, 0.6) is 0 Å². The average molecular weight is 139 g/mol. The fourth-order valence-electron chi connectivity index (χ4n) is 0.911. The summed E-state index contributed by atoms with van der Waals surface area (Å²) >= 11 is 0. The molecule has 1 atom stereocenters. The van der Waals surface area contributed by atoms with Crippen LogP contribution >= 0.6 is 0 Å². The molecule has 0 bridgehead atoms. The lowest BCUT2D eigenvalue weighted by Crippen LogP contribution is -2.19. The molecular weight excluding hydrogens is 126 g/mol. The van der Waals surface area contributed by atoms with E-state index < -0.39 is 0 Å². The molecule has 56 valence electrons. The lowest BCUT2D eigenvalue weighted by atomic mass is 10.2. The number of imidazole rings is 1. The molecule has 3 nitrogen and oxygen atoms in total. The SMILES string of the molecule is C[C@H](N)Cc1cncn1C. The normalized spacial score (nSPS) is 13.5. The van der Waals surface area contributed by atoms with E-state index in [9.17, 15) is 0 Å². The molecule has 1 heterocycles. The molecule has 1 aromatic heterocycles. The summed E-state index contributed by atoms with van der Waals surface area (Å²) in [5.74, 6) is 0. The fraction of sp³-hybridized carbons (Fsp3) is 0.571. The van der Waals surface area contributed by atoms with Gasteiger partial charge in [-0.25, -0.2) is 4.98 Å². The summed E-state index contributed by atoms with van der Waals surface area (Å²) in [5, 5.41) is 0. The molecule has 0 aliphatic rings. The lowest BCUT2D eigenvalue weighted by Gasteiger charge is -2.03. The maximum Gasteiger partial charge on any atom is 0.0945 e. The Morgan fingerprint density at radius 2 is 2.50 bits per heavy atom. The number of nitrogens with zero attached hydrogens (tertiary/aromatic N) is 2. The zero-order valence-corrected chi connectivity index (χ0v) is 6.41. The van der Waals surface area contributed by atoms with E-state index in [0.717, 1.165) is 6.42 Å². The third-order valence-electron chi connectivity index (χ3n) is 1.45. The van der Waals surface area contributed by atoms with E-state index in [-0.39, 0.29) is 6.04 Å². The topological polar surface area (TPSA) is 43.8 Å². The molecule has 0 unspecified atom stereocenters. The highest BCUT2D eigenvalue weighted by Gasteiger charge is 2.00. The van der Waals surface area contributed by atoms with Crippen molar-refractivity contribution in [1.29, 1.82) is 0 Å². The van der Waals surface area contributed by atoms with E-state index in [1.165, 1.54) is 5.69 Å². The first-order valence-corrected chi connectivity index (χ1v) is 3.41. The Labute approximate surface area is 60.9 Å². The summed E-state index contributed by atoms with van der Waals surface area (Å²) in [4.78, 5) is 3.98. The van der Waals surface area contributed by atoms with Crippen molar-refractivity contribution < 1.29 is 0 Å². The maximum absolute atomic E-state index is 5.61. The van der Waals surface area contributed by atoms with E-state index in [0.29, 0.717) is 0 Å². The standard InChI is InChI=1S/C7H13N3/c1-6(8)3-7-4-9-5-10(7)2/h4-6H,3,8H2,1-2H3/t6-/m0/s1. The molecule has 1 rings (SSSR count). The molecule has 0 aliphatic heterocycles. The molecule has 0 radical (unpaired) electrons. The van der Waals surface area contributed by atoms with Crippen LogP contribution in [0.2, 0.25) is 0 Å². The number of hydrogen-bond donors (Lipinski definition) is 1. The second-order valence-corrected chi connectivity index (χ2v) is 2.68. The molecule has 0 amide bonds.